The van der Waals surface area contributed by atoms with E-state index >= 15 is 0 Å². The van der Waals surface area contributed by atoms with Gasteiger partial charge in [0.1, 0.15) is 16.9 Å². The van der Waals surface area contributed by atoms with Gasteiger partial charge in [-0.05, 0) is 59.6 Å². The summed E-state index contributed by atoms with van der Waals surface area (Å²) in [5.74, 6) is 0.184. The van der Waals surface area contributed by atoms with Gasteiger partial charge in [-0.2, -0.15) is 0 Å². The number of nitrogens with zero attached hydrogens (tertiary/aromatic N) is 2. The Morgan fingerprint density at radius 1 is 1.15 bits per heavy atom. The number of halogens is 1. The van der Waals surface area contributed by atoms with Crippen molar-refractivity contribution in [3.8, 4) is 0 Å². The number of aromatic amines is 1. The smallest absolute Gasteiger partial charge is 0.234 e. The molecule has 136 valence electrons. The number of rotatable bonds is 4. The summed E-state index contributed by atoms with van der Waals surface area (Å²) in [6.07, 6.45) is 1.55. The van der Waals surface area contributed by atoms with E-state index in [1.165, 1.54) is 17.3 Å². The van der Waals surface area contributed by atoms with Crippen LogP contribution in [0.25, 0.3) is 21.9 Å². The minimum absolute atomic E-state index is 0.0803. The molecular formula is C20H17BrN4OS. The summed E-state index contributed by atoms with van der Waals surface area (Å²) >= 11 is 4.88. The molecule has 4 rings (SSSR count). The second kappa shape index (κ2) is 7.32. The summed E-state index contributed by atoms with van der Waals surface area (Å²) in [5.41, 5.74) is 5.84. The number of anilines is 1. The molecule has 2 aromatic heterocycles. The standard InChI is InChI=1S/C20H17BrN4OS/c1-11-3-5-15-13(7-11)18-19(25-15)20(23-10-22-18)27-9-17(26)24-16-6-4-12(2)8-14(16)21/h3-8,10,25H,9H2,1-2H3,(H,24,26). The summed E-state index contributed by atoms with van der Waals surface area (Å²) < 4.78 is 0.872. The van der Waals surface area contributed by atoms with Crippen molar-refractivity contribution in [2.75, 3.05) is 11.1 Å². The fourth-order valence-electron chi connectivity index (χ4n) is 2.94. The highest BCUT2D eigenvalue weighted by Gasteiger charge is 2.13. The van der Waals surface area contributed by atoms with Gasteiger partial charge < -0.3 is 10.3 Å². The van der Waals surface area contributed by atoms with Gasteiger partial charge in [-0.25, -0.2) is 9.97 Å². The maximum atomic E-state index is 12.4. The molecular weight excluding hydrogens is 424 g/mol. The monoisotopic (exact) mass is 440 g/mol. The summed E-state index contributed by atoms with van der Waals surface area (Å²) in [5, 5.41) is 4.77. The number of carbonyl (C=O) groups is 1. The van der Waals surface area contributed by atoms with E-state index in [-0.39, 0.29) is 11.7 Å². The molecule has 0 radical (unpaired) electrons. The Labute approximate surface area is 169 Å². The number of H-pyrrole nitrogens is 1. The SMILES string of the molecule is Cc1ccc(NC(=O)CSc2ncnc3c2[nH]c2ccc(C)cc23)c(Br)c1. The van der Waals surface area contributed by atoms with Gasteiger partial charge >= 0.3 is 0 Å². The zero-order valence-corrected chi connectivity index (χ0v) is 17.2. The predicted octanol–water partition coefficient (Wildman–Crippen LogP) is 5.22. The maximum Gasteiger partial charge on any atom is 0.234 e. The summed E-state index contributed by atoms with van der Waals surface area (Å²) in [6, 6.07) is 12.0. The first-order valence-corrected chi connectivity index (χ1v) is 10.2. The lowest BCUT2D eigenvalue weighted by atomic mass is 10.2. The normalized spacial score (nSPS) is 11.2. The molecule has 0 aliphatic carbocycles. The van der Waals surface area contributed by atoms with Crippen molar-refractivity contribution in [1.29, 1.82) is 0 Å². The van der Waals surface area contributed by atoms with Crippen LogP contribution in [0.5, 0.6) is 0 Å². The van der Waals surface area contributed by atoms with E-state index in [9.17, 15) is 4.79 Å². The zero-order valence-electron chi connectivity index (χ0n) is 14.8. The Hall–Kier alpha value is -2.38. The Morgan fingerprint density at radius 2 is 1.93 bits per heavy atom. The largest absolute Gasteiger partial charge is 0.351 e. The van der Waals surface area contributed by atoms with Crippen LogP contribution in [0.3, 0.4) is 0 Å². The Balaban J connectivity index is 1.55. The molecule has 4 aromatic rings. The Kier molecular flexibility index (Phi) is 4.88. The number of hydrogen-bond donors (Lipinski definition) is 2. The van der Waals surface area contributed by atoms with Gasteiger partial charge in [0.25, 0.3) is 0 Å². The number of nitrogens with one attached hydrogen (secondary N) is 2. The Bertz CT molecular complexity index is 1170. The second-order valence-corrected chi connectivity index (χ2v) is 8.22. The minimum Gasteiger partial charge on any atom is -0.351 e. The highest BCUT2D eigenvalue weighted by atomic mass is 79.9. The number of benzene rings is 2. The molecule has 5 nitrogen and oxygen atoms in total. The van der Waals surface area contributed by atoms with E-state index in [0.29, 0.717) is 0 Å². The van der Waals surface area contributed by atoms with E-state index in [0.717, 1.165) is 42.7 Å². The molecule has 0 fully saturated rings. The van der Waals surface area contributed by atoms with Gasteiger partial charge in [-0.1, -0.05) is 29.5 Å². The van der Waals surface area contributed by atoms with Gasteiger partial charge in [-0.3, -0.25) is 4.79 Å². The highest BCUT2D eigenvalue weighted by molar-refractivity contribution is 9.10. The van der Waals surface area contributed by atoms with Crippen LogP contribution in [0.1, 0.15) is 11.1 Å². The van der Waals surface area contributed by atoms with Crippen LogP contribution in [0.2, 0.25) is 0 Å². The fourth-order valence-corrected chi connectivity index (χ4v) is 4.28. The molecule has 2 aromatic carbocycles. The lowest BCUT2D eigenvalue weighted by molar-refractivity contribution is -0.113. The third-order valence-corrected chi connectivity index (χ3v) is 5.89. The molecule has 2 N–H and O–H groups in total. The number of aryl methyl sites for hydroxylation is 2. The van der Waals surface area contributed by atoms with E-state index in [2.05, 4.69) is 55.3 Å². The molecule has 0 saturated carbocycles. The predicted molar refractivity (Wildman–Crippen MR) is 114 cm³/mol. The number of fused-ring (bicyclic) bond motifs is 3. The Morgan fingerprint density at radius 3 is 2.74 bits per heavy atom. The number of amides is 1. The number of thioether (sulfide) groups is 1. The molecule has 0 atom stereocenters. The van der Waals surface area contributed by atoms with Crippen LogP contribution >= 0.6 is 27.7 Å². The molecule has 2 heterocycles. The van der Waals surface area contributed by atoms with Crippen molar-refractivity contribution < 1.29 is 4.79 Å². The van der Waals surface area contributed by atoms with Gasteiger partial charge in [-0.15, -0.1) is 0 Å². The summed E-state index contributed by atoms with van der Waals surface area (Å²) in [7, 11) is 0. The minimum atomic E-state index is -0.0803. The van der Waals surface area contributed by atoms with Crippen LogP contribution in [-0.2, 0) is 4.79 Å². The van der Waals surface area contributed by atoms with Crippen LogP contribution in [-0.4, -0.2) is 26.6 Å². The van der Waals surface area contributed by atoms with E-state index in [4.69, 9.17) is 0 Å². The number of hydrogen-bond acceptors (Lipinski definition) is 4. The average molecular weight is 441 g/mol. The first-order chi connectivity index (χ1) is 13.0. The van der Waals surface area contributed by atoms with Crippen molar-refractivity contribution in [2.24, 2.45) is 0 Å². The highest BCUT2D eigenvalue weighted by Crippen LogP contribution is 2.30. The zero-order chi connectivity index (χ0) is 19.0. The number of aromatic nitrogens is 3. The molecule has 1 amide bonds. The third kappa shape index (κ3) is 3.70. The molecule has 0 bridgehead atoms. The third-order valence-electron chi connectivity index (χ3n) is 4.24. The lowest BCUT2D eigenvalue weighted by Crippen LogP contribution is -2.14. The summed E-state index contributed by atoms with van der Waals surface area (Å²) in [6.45, 7) is 4.07. The van der Waals surface area contributed by atoms with Gasteiger partial charge in [0.15, 0.2) is 0 Å². The topological polar surface area (TPSA) is 70.7 Å². The molecule has 0 unspecified atom stereocenters. The first-order valence-electron chi connectivity index (χ1n) is 8.43. The number of carbonyl (C=O) groups excluding carboxylic acids is 1. The van der Waals surface area contributed by atoms with Gasteiger partial charge in [0.05, 0.1) is 17.0 Å². The van der Waals surface area contributed by atoms with Gasteiger partial charge in [0, 0.05) is 15.4 Å². The van der Waals surface area contributed by atoms with Crippen molar-refractivity contribution in [1.82, 2.24) is 15.0 Å². The summed E-state index contributed by atoms with van der Waals surface area (Å²) in [4.78, 5) is 24.5. The second-order valence-electron chi connectivity index (χ2n) is 6.40. The van der Waals surface area contributed by atoms with Crippen molar-refractivity contribution >= 4 is 61.2 Å². The van der Waals surface area contributed by atoms with E-state index in [1.807, 2.05) is 31.2 Å². The average Bonchev–Trinajstić information content (AvgIpc) is 3.01. The van der Waals surface area contributed by atoms with Crippen LogP contribution in [0, 0.1) is 13.8 Å². The van der Waals surface area contributed by atoms with E-state index in [1.54, 1.807) is 6.33 Å². The molecule has 27 heavy (non-hydrogen) atoms. The first kappa shape index (κ1) is 18.0. The molecule has 0 aliphatic rings. The van der Waals surface area contributed by atoms with Crippen LogP contribution in [0.4, 0.5) is 5.69 Å². The fraction of sp³-hybridized carbons (Fsp3) is 0.150. The molecule has 7 heteroatoms. The lowest BCUT2D eigenvalue weighted by Gasteiger charge is -2.08. The quantitative estimate of drug-likeness (QED) is 0.337. The molecule has 0 aliphatic heterocycles. The van der Waals surface area contributed by atoms with Crippen molar-refractivity contribution in [2.45, 2.75) is 18.9 Å². The molecule has 0 saturated heterocycles. The van der Waals surface area contributed by atoms with Crippen LogP contribution in [0.15, 0.2) is 52.2 Å². The van der Waals surface area contributed by atoms with E-state index < -0.39 is 0 Å². The van der Waals surface area contributed by atoms with Crippen molar-refractivity contribution in [3.05, 3.63) is 58.3 Å². The van der Waals surface area contributed by atoms with Gasteiger partial charge in [0.2, 0.25) is 5.91 Å². The van der Waals surface area contributed by atoms with Crippen LogP contribution < -0.4 is 5.32 Å². The molecule has 0 spiro atoms. The maximum absolute atomic E-state index is 12.4. The van der Waals surface area contributed by atoms with Crippen molar-refractivity contribution in [3.63, 3.8) is 0 Å².